The monoisotopic (exact) mass is 785 g/mol. The molecule has 14 rings (SSSR count). The van der Waals surface area contributed by atoms with E-state index in [0.717, 1.165) is 48.7 Å². The number of benzene rings is 5. The second-order valence-electron chi connectivity index (χ2n) is 23.6. The van der Waals surface area contributed by atoms with Crippen molar-refractivity contribution in [2.24, 2.45) is 10.8 Å². The number of nitrogens with zero attached hydrogens (tertiary/aromatic N) is 3. The predicted octanol–water partition coefficient (Wildman–Crippen LogP) is 14.7. The molecule has 60 heavy (non-hydrogen) atoms. The van der Waals surface area contributed by atoms with Gasteiger partial charge >= 0.3 is 0 Å². The molecule has 0 saturated heterocycles. The van der Waals surface area contributed by atoms with Crippen LogP contribution < -0.4 is 0 Å². The van der Waals surface area contributed by atoms with Crippen LogP contribution in [0.2, 0.25) is 0 Å². The van der Waals surface area contributed by atoms with Gasteiger partial charge < -0.3 is 8.80 Å². The number of carbonyl (C=O) groups excluding carboxylic acids is 1. The Kier molecular flexibility index (Phi) is 6.01. The van der Waals surface area contributed by atoms with Crippen molar-refractivity contribution in [1.29, 1.82) is 5.26 Å². The fraction of sp³-hybridized carbons (Fsp3) is 0.429. The second kappa shape index (κ2) is 10.1. The molecule has 5 aliphatic rings. The molecule has 300 valence electrons. The second-order valence-corrected chi connectivity index (χ2v) is 23.6. The molecule has 2 fully saturated rings. The van der Waals surface area contributed by atoms with E-state index >= 15 is 0 Å². The van der Waals surface area contributed by atoms with Crippen LogP contribution in [0.1, 0.15) is 164 Å². The van der Waals surface area contributed by atoms with Crippen molar-refractivity contribution in [3.8, 4) is 6.07 Å². The van der Waals surface area contributed by atoms with Gasteiger partial charge in [-0.1, -0.05) is 76.2 Å². The fourth-order valence-electron chi connectivity index (χ4n) is 14.0. The number of aromatic nitrogens is 2. The summed E-state index contributed by atoms with van der Waals surface area (Å²) in [6.45, 7) is 26.0. The molecule has 2 saturated carbocycles. The number of Topliss-reactive ketones (excluding diaryl/α,β-unsaturated/α-hetero) is 1. The van der Waals surface area contributed by atoms with E-state index in [1.54, 1.807) is 0 Å². The van der Waals surface area contributed by atoms with Crippen LogP contribution in [0, 0.1) is 22.2 Å². The summed E-state index contributed by atoms with van der Waals surface area (Å²) in [4.78, 5) is 14.6. The van der Waals surface area contributed by atoms with E-state index in [1.165, 1.54) is 105 Å². The molecule has 4 heteroatoms. The van der Waals surface area contributed by atoms with Gasteiger partial charge in [0.1, 0.15) is 0 Å². The molecule has 0 radical (unpaired) electrons. The van der Waals surface area contributed by atoms with Crippen molar-refractivity contribution in [3.63, 3.8) is 0 Å². The molecule has 5 aromatic carbocycles. The van der Waals surface area contributed by atoms with E-state index in [1.807, 2.05) is 0 Å². The molecule has 4 bridgehead atoms. The lowest BCUT2D eigenvalue weighted by atomic mass is 9.65. The summed E-state index contributed by atoms with van der Waals surface area (Å²) in [7, 11) is 0. The Bertz CT molecular complexity index is 3560. The number of ketones is 1. The van der Waals surface area contributed by atoms with Gasteiger partial charge in [0.15, 0.2) is 5.78 Å². The maximum Gasteiger partial charge on any atom is 0.169 e. The number of fused-ring (bicyclic) bond motifs is 20. The van der Waals surface area contributed by atoms with Crippen LogP contribution in [0.25, 0.3) is 76.2 Å². The quantitative estimate of drug-likeness (QED) is 0.154. The number of nitriles is 1. The molecule has 0 N–H and O–H groups in total. The van der Waals surface area contributed by atoms with Crippen molar-refractivity contribution in [2.75, 3.05) is 0 Å². The van der Waals surface area contributed by atoms with E-state index in [9.17, 15) is 10.1 Å². The van der Waals surface area contributed by atoms with Gasteiger partial charge in [-0.3, -0.25) is 4.79 Å². The zero-order valence-corrected chi connectivity index (χ0v) is 37.3. The number of hydrogen-bond acceptors (Lipinski definition) is 2. The molecule has 4 aromatic heterocycles. The normalized spacial score (nSPS) is 26.4. The van der Waals surface area contributed by atoms with Crippen LogP contribution in [0.4, 0.5) is 0 Å². The summed E-state index contributed by atoms with van der Waals surface area (Å²) >= 11 is 0. The lowest BCUT2D eigenvalue weighted by Crippen LogP contribution is -2.33. The summed E-state index contributed by atoms with van der Waals surface area (Å²) < 4.78 is 5.06. The minimum atomic E-state index is -0.295. The van der Waals surface area contributed by atoms with Gasteiger partial charge in [-0.15, -0.1) is 0 Å². The summed E-state index contributed by atoms with van der Waals surface area (Å²) in [6, 6.07) is 24.6. The molecule has 4 heterocycles. The Hall–Kier alpha value is -5.14. The third-order valence-electron chi connectivity index (χ3n) is 18.2. The SMILES string of the molecule is CC12CCC(C)(CC1)c1cc3c4cc(C(C)(C)C)cc5c6cc7c(cc6n(c3cc1C2=O)c45)c1cc(C(C)(C)C)cc2c3c4c(c(C#N)cc3n7c12)C1(C)CCC4C1(C)C. The highest BCUT2D eigenvalue weighted by molar-refractivity contribution is 6.30. The molecule has 5 aliphatic carbocycles. The average Bonchev–Trinajstić information content (AvgIpc) is 3.96. The lowest BCUT2D eigenvalue weighted by molar-refractivity contribution is 0.0732. The minimum absolute atomic E-state index is 0.00909. The topological polar surface area (TPSA) is 49.7 Å². The van der Waals surface area contributed by atoms with Crippen molar-refractivity contribution < 1.29 is 4.79 Å². The molecular weight excluding hydrogens is 731 g/mol. The molecule has 0 spiro atoms. The first kappa shape index (κ1) is 35.6. The maximum absolute atomic E-state index is 14.6. The van der Waals surface area contributed by atoms with Crippen LogP contribution >= 0.6 is 0 Å². The van der Waals surface area contributed by atoms with Gasteiger partial charge in [-0.25, -0.2) is 0 Å². The Balaban J connectivity index is 1.23. The van der Waals surface area contributed by atoms with Crippen molar-refractivity contribution in [3.05, 3.63) is 93.5 Å². The van der Waals surface area contributed by atoms with Crippen molar-refractivity contribution in [1.82, 2.24) is 8.80 Å². The average molecular weight is 786 g/mol. The third kappa shape index (κ3) is 3.78. The molecule has 9 aromatic rings. The Morgan fingerprint density at radius 1 is 0.600 bits per heavy atom. The molecule has 0 aliphatic heterocycles. The lowest BCUT2D eigenvalue weighted by Gasteiger charge is -2.38. The first-order chi connectivity index (χ1) is 28.2. The van der Waals surface area contributed by atoms with Crippen molar-refractivity contribution >= 4 is 82.0 Å². The van der Waals surface area contributed by atoms with Crippen LogP contribution in [0.5, 0.6) is 0 Å². The fourth-order valence-corrected chi connectivity index (χ4v) is 14.0. The zero-order chi connectivity index (χ0) is 41.7. The highest BCUT2D eigenvalue weighted by Crippen LogP contribution is 2.70. The van der Waals surface area contributed by atoms with Crippen LogP contribution in [0.3, 0.4) is 0 Å². The van der Waals surface area contributed by atoms with E-state index in [4.69, 9.17) is 0 Å². The minimum Gasteiger partial charge on any atom is -0.308 e. The van der Waals surface area contributed by atoms with Crippen molar-refractivity contribution in [2.45, 2.75) is 142 Å². The van der Waals surface area contributed by atoms with Gasteiger partial charge in [0.2, 0.25) is 0 Å². The first-order valence-corrected chi connectivity index (χ1v) is 22.7. The van der Waals surface area contributed by atoms with Gasteiger partial charge in [0.05, 0.1) is 44.7 Å². The van der Waals surface area contributed by atoms with E-state index in [-0.39, 0.29) is 32.5 Å². The number of rotatable bonds is 0. The summed E-state index contributed by atoms with van der Waals surface area (Å²) in [5.74, 6) is 0.755. The number of hydrogen-bond donors (Lipinski definition) is 0. The standard InChI is InChI=1S/C56H55N3O/c1-51(2,3)29-19-34-31-23-40-37(50(60)55(10)16-14-54(40,9)15-17-55)26-43(31)58-41-24-33-36-21-30(52(4,5)6)22-38-45-44(59(49(36)38)42(33)25-32(41)35(20-29)48(34)58)18-28(27-57)47-46(45)39-12-13-56(47,11)53(39,7)8/h18-26,39H,12-17H2,1-11H3. The highest BCUT2D eigenvalue weighted by atomic mass is 16.1. The molecular formula is C56H55N3O. The summed E-state index contributed by atoms with van der Waals surface area (Å²) in [5.41, 5.74) is 15.4. The van der Waals surface area contributed by atoms with E-state index in [2.05, 4.69) is 146 Å². The summed E-state index contributed by atoms with van der Waals surface area (Å²) in [5, 5.41) is 21.2. The van der Waals surface area contributed by atoms with Gasteiger partial charge in [0.25, 0.3) is 0 Å². The Morgan fingerprint density at radius 3 is 1.67 bits per heavy atom. The van der Waals surface area contributed by atoms with Crippen LogP contribution in [0.15, 0.2) is 54.6 Å². The summed E-state index contributed by atoms with van der Waals surface area (Å²) in [6.07, 6.45) is 6.36. The van der Waals surface area contributed by atoms with Gasteiger partial charge in [-0.2, -0.15) is 5.26 Å². The first-order valence-electron chi connectivity index (χ1n) is 22.7. The van der Waals surface area contributed by atoms with E-state index < -0.39 is 0 Å². The van der Waals surface area contributed by atoms with Crippen LogP contribution in [-0.4, -0.2) is 14.6 Å². The smallest absolute Gasteiger partial charge is 0.169 e. The van der Waals surface area contributed by atoms with Gasteiger partial charge in [0, 0.05) is 54.1 Å². The zero-order valence-electron chi connectivity index (χ0n) is 37.3. The van der Waals surface area contributed by atoms with Crippen LogP contribution in [-0.2, 0) is 21.7 Å². The van der Waals surface area contributed by atoms with Gasteiger partial charge in [-0.05, 0) is 154 Å². The largest absolute Gasteiger partial charge is 0.308 e. The highest BCUT2D eigenvalue weighted by Gasteiger charge is 2.61. The predicted molar refractivity (Wildman–Crippen MR) is 249 cm³/mol. The Labute approximate surface area is 352 Å². The molecule has 2 atom stereocenters. The molecule has 4 nitrogen and oxygen atoms in total. The number of carbonyl (C=O) groups is 1. The molecule has 2 unspecified atom stereocenters. The molecule has 0 amide bonds. The maximum atomic E-state index is 14.6. The Morgan fingerprint density at radius 2 is 1.10 bits per heavy atom. The third-order valence-corrected chi connectivity index (χ3v) is 18.2. The van der Waals surface area contributed by atoms with E-state index in [0.29, 0.717) is 11.7 Å².